The Kier molecular flexibility index (Phi) is 4.87. The molecule has 6 heteroatoms. The monoisotopic (exact) mass is 351 g/mol. The summed E-state index contributed by atoms with van der Waals surface area (Å²) in [6, 6.07) is 13.4. The fraction of sp³-hybridized carbons (Fsp3) is 0.412. The largest absolute Gasteiger partial charge is 0.375 e. The van der Waals surface area contributed by atoms with Gasteiger partial charge in [0.25, 0.3) is 10.0 Å². The Morgan fingerprint density at radius 3 is 2.61 bits per heavy atom. The number of rotatable bonds is 4. The predicted octanol–water partition coefficient (Wildman–Crippen LogP) is 3.08. The average Bonchev–Trinajstić information content (AvgIpc) is 2.97. The van der Waals surface area contributed by atoms with Gasteiger partial charge in [-0.3, -0.25) is 0 Å². The van der Waals surface area contributed by atoms with Crippen LogP contribution >= 0.6 is 11.3 Å². The Balaban J connectivity index is 1.78. The van der Waals surface area contributed by atoms with E-state index in [1.54, 1.807) is 10.4 Å². The molecule has 0 amide bonds. The standard InChI is InChI=1S/C17H21NO3S2/c1-13-12-21-16(10-15-6-4-3-5-7-15)11-18(13)23(19,20)17-9-8-14(2)22-17/h3-9,13,16H,10-12H2,1-2H3. The lowest BCUT2D eigenvalue weighted by Crippen LogP contribution is -2.51. The zero-order valence-corrected chi connectivity index (χ0v) is 14.9. The fourth-order valence-electron chi connectivity index (χ4n) is 2.79. The molecule has 1 aromatic carbocycles. The molecule has 2 unspecified atom stereocenters. The number of ether oxygens (including phenoxy) is 1. The number of hydrogen-bond acceptors (Lipinski definition) is 4. The van der Waals surface area contributed by atoms with Crippen LogP contribution in [0.3, 0.4) is 0 Å². The smallest absolute Gasteiger partial charge is 0.252 e. The molecule has 1 aliphatic rings. The molecule has 1 saturated heterocycles. The highest BCUT2D eigenvalue weighted by atomic mass is 32.2. The van der Waals surface area contributed by atoms with Gasteiger partial charge in [0, 0.05) is 17.5 Å². The normalized spacial score (nSPS) is 23.0. The molecule has 23 heavy (non-hydrogen) atoms. The Labute approximate surface area is 141 Å². The van der Waals surface area contributed by atoms with Gasteiger partial charge in [-0.1, -0.05) is 30.3 Å². The molecule has 2 aromatic rings. The van der Waals surface area contributed by atoms with Crippen LogP contribution in [0, 0.1) is 6.92 Å². The van der Waals surface area contributed by atoms with Crippen molar-refractivity contribution in [2.24, 2.45) is 0 Å². The number of thiophene rings is 1. The predicted molar refractivity (Wildman–Crippen MR) is 92.3 cm³/mol. The molecule has 1 aromatic heterocycles. The summed E-state index contributed by atoms with van der Waals surface area (Å²) >= 11 is 1.33. The summed E-state index contributed by atoms with van der Waals surface area (Å²) in [5, 5.41) is 0. The van der Waals surface area contributed by atoms with E-state index in [9.17, 15) is 8.42 Å². The van der Waals surface area contributed by atoms with Gasteiger partial charge in [0.2, 0.25) is 0 Å². The summed E-state index contributed by atoms with van der Waals surface area (Å²) in [6.45, 7) is 4.65. The number of nitrogens with zero attached hydrogens (tertiary/aromatic N) is 1. The molecular weight excluding hydrogens is 330 g/mol. The summed E-state index contributed by atoms with van der Waals surface area (Å²) in [6.07, 6.45) is 0.618. The van der Waals surface area contributed by atoms with Crippen molar-refractivity contribution in [2.45, 2.75) is 36.6 Å². The van der Waals surface area contributed by atoms with Gasteiger partial charge in [-0.15, -0.1) is 11.3 Å². The maximum absolute atomic E-state index is 12.9. The van der Waals surface area contributed by atoms with E-state index in [0.717, 1.165) is 16.9 Å². The van der Waals surface area contributed by atoms with Crippen LogP contribution in [0.15, 0.2) is 46.7 Å². The summed E-state index contributed by atoms with van der Waals surface area (Å²) in [7, 11) is -3.44. The molecule has 1 aliphatic heterocycles. The van der Waals surface area contributed by atoms with Crippen LogP contribution in [-0.4, -0.2) is 38.0 Å². The van der Waals surface area contributed by atoms with Crippen LogP contribution in [-0.2, 0) is 21.2 Å². The first-order valence-corrected chi connectivity index (χ1v) is 9.96. The van der Waals surface area contributed by atoms with Gasteiger partial charge in [0.1, 0.15) is 4.21 Å². The van der Waals surface area contributed by atoms with Crippen molar-refractivity contribution in [3.8, 4) is 0 Å². The molecule has 124 valence electrons. The molecule has 2 heterocycles. The lowest BCUT2D eigenvalue weighted by Gasteiger charge is -2.36. The molecule has 0 saturated carbocycles. The van der Waals surface area contributed by atoms with E-state index < -0.39 is 10.0 Å². The Hall–Kier alpha value is -1.21. The van der Waals surface area contributed by atoms with Crippen molar-refractivity contribution in [1.29, 1.82) is 0 Å². The molecule has 0 aliphatic carbocycles. The molecule has 0 bridgehead atoms. The first-order chi connectivity index (χ1) is 11.0. The molecule has 2 atom stereocenters. The lowest BCUT2D eigenvalue weighted by atomic mass is 10.1. The van der Waals surface area contributed by atoms with Crippen molar-refractivity contribution in [3.63, 3.8) is 0 Å². The number of benzene rings is 1. The lowest BCUT2D eigenvalue weighted by molar-refractivity contribution is -0.0264. The van der Waals surface area contributed by atoms with Crippen LogP contribution in [0.25, 0.3) is 0 Å². The number of hydrogen-bond donors (Lipinski definition) is 0. The molecule has 1 fully saturated rings. The van der Waals surface area contributed by atoms with Crippen molar-refractivity contribution < 1.29 is 13.2 Å². The van der Waals surface area contributed by atoms with E-state index in [0.29, 0.717) is 17.4 Å². The highest BCUT2D eigenvalue weighted by Crippen LogP contribution is 2.28. The fourth-order valence-corrected chi connectivity index (χ4v) is 5.85. The maximum atomic E-state index is 12.9. The van der Waals surface area contributed by atoms with Crippen LogP contribution in [0.2, 0.25) is 0 Å². The summed E-state index contributed by atoms with van der Waals surface area (Å²) in [5.74, 6) is 0. The van der Waals surface area contributed by atoms with E-state index in [1.807, 2.05) is 50.2 Å². The third-order valence-corrected chi connectivity index (χ3v) is 7.48. The van der Waals surface area contributed by atoms with E-state index in [1.165, 1.54) is 11.3 Å². The van der Waals surface area contributed by atoms with E-state index in [2.05, 4.69) is 0 Å². The van der Waals surface area contributed by atoms with E-state index >= 15 is 0 Å². The second kappa shape index (κ2) is 6.73. The zero-order valence-electron chi connectivity index (χ0n) is 13.3. The van der Waals surface area contributed by atoms with E-state index in [4.69, 9.17) is 4.74 Å². The molecular formula is C17H21NO3S2. The quantitative estimate of drug-likeness (QED) is 0.850. The van der Waals surface area contributed by atoms with Crippen LogP contribution in [0.5, 0.6) is 0 Å². The Morgan fingerprint density at radius 1 is 1.22 bits per heavy atom. The van der Waals surface area contributed by atoms with Crippen molar-refractivity contribution >= 4 is 21.4 Å². The van der Waals surface area contributed by atoms with Crippen molar-refractivity contribution in [1.82, 2.24) is 4.31 Å². The second-order valence-electron chi connectivity index (χ2n) is 5.93. The van der Waals surface area contributed by atoms with E-state index in [-0.39, 0.29) is 12.1 Å². The van der Waals surface area contributed by atoms with Gasteiger partial charge >= 0.3 is 0 Å². The van der Waals surface area contributed by atoms with Gasteiger partial charge in [-0.2, -0.15) is 4.31 Å². The first-order valence-electron chi connectivity index (χ1n) is 7.70. The summed E-state index contributed by atoms with van der Waals surface area (Å²) in [5.41, 5.74) is 1.16. The maximum Gasteiger partial charge on any atom is 0.252 e. The summed E-state index contributed by atoms with van der Waals surface area (Å²) in [4.78, 5) is 1.00. The molecule has 0 N–H and O–H groups in total. The van der Waals surface area contributed by atoms with Crippen LogP contribution < -0.4 is 0 Å². The SMILES string of the molecule is Cc1ccc(S(=O)(=O)N2CC(Cc3ccccc3)OCC2C)s1. The Bertz CT molecular complexity index is 755. The molecule has 0 radical (unpaired) electrons. The van der Waals surface area contributed by atoms with Gasteiger partial charge in [-0.25, -0.2) is 8.42 Å². The molecule has 0 spiro atoms. The van der Waals surface area contributed by atoms with Crippen LogP contribution in [0.4, 0.5) is 0 Å². The van der Waals surface area contributed by atoms with Gasteiger partial charge < -0.3 is 4.74 Å². The average molecular weight is 351 g/mol. The first kappa shape index (κ1) is 16.6. The van der Waals surface area contributed by atoms with Gasteiger partial charge in [-0.05, 0) is 38.0 Å². The van der Waals surface area contributed by atoms with Gasteiger partial charge in [0.05, 0.1) is 12.7 Å². The second-order valence-corrected chi connectivity index (χ2v) is 9.34. The number of sulfonamides is 1. The minimum absolute atomic E-state index is 0.107. The highest BCUT2D eigenvalue weighted by Gasteiger charge is 2.36. The highest BCUT2D eigenvalue weighted by molar-refractivity contribution is 7.91. The molecule has 3 rings (SSSR count). The van der Waals surface area contributed by atoms with Gasteiger partial charge in [0.15, 0.2) is 0 Å². The van der Waals surface area contributed by atoms with Crippen molar-refractivity contribution in [2.75, 3.05) is 13.2 Å². The number of morpholine rings is 1. The minimum atomic E-state index is -3.44. The van der Waals surface area contributed by atoms with Crippen LogP contribution in [0.1, 0.15) is 17.4 Å². The Morgan fingerprint density at radius 2 is 1.96 bits per heavy atom. The zero-order chi connectivity index (χ0) is 16.4. The third-order valence-electron chi connectivity index (χ3n) is 4.03. The minimum Gasteiger partial charge on any atom is -0.375 e. The topological polar surface area (TPSA) is 46.6 Å². The van der Waals surface area contributed by atoms with Crippen molar-refractivity contribution in [3.05, 3.63) is 52.9 Å². The number of aryl methyl sites for hydroxylation is 1. The molecule has 4 nitrogen and oxygen atoms in total. The summed E-state index contributed by atoms with van der Waals surface area (Å²) < 4.78 is 33.6. The third kappa shape index (κ3) is 3.66.